The van der Waals surface area contributed by atoms with Gasteiger partial charge in [0.05, 0.1) is 30.0 Å². The molecule has 2 N–H and O–H groups in total. The molecule has 220 valence electrons. The van der Waals surface area contributed by atoms with E-state index in [-0.39, 0.29) is 17.9 Å². The van der Waals surface area contributed by atoms with Crippen LogP contribution in [0.15, 0.2) is 30.3 Å². The topological polar surface area (TPSA) is 99.8 Å². The number of likely N-dealkylation sites (tertiary alicyclic amines) is 1. The monoisotopic (exact) mass is 565 g/mol. The predicted octanol–water partition coefficient (Wildman–Crippen LogP) is 5.21. The van der Waals surface area contributed by atoms with Crippen LogP contribution in [0.1, 0.15) is 75.4 Å². The number of carbonyl (C=O) groups is 2. The summed E-state index contributed by atoms with van der Waals surface area (Å²) in [6.45, 7) is 11.7. The zero-order valence-electron chi connectivity index (χ0n) is 23.6. The third-order valence-corrected chi connectivity index (χ3v) is 7.20. The molecule has 0 aliphatic carbocycles. The number of piperidine rings is 1. The Bertz CT molecular complexity index is 1180. The second-order valence-electron chi connectivity index (χ2n) is 12.0. The number of alkyl halides is 3. The molecule has 12 heteroatoms. The molecule has 2 aromatic rings. The SMILES string of the molecule is CC(C)(C)OC(=O)NC(C)(C)c1cc(C2CC(c3ccc(C(F)(F)F)cc3)CN(C(=O)N3CCOCC3)C2)[nH]n1. The van der Waals surface area contributed by atoms with Crippen molar-refractivity contribution in [2.75, 3.05) is 39.4 Å². The van der Waals surface area contributed by atoms with Crippen LogP contribution in [0.2, 0.25) is 0 Å². The molecule has 3 amide bonds. The number of nitrogens with one attached hydrogen (secondary N) is 2. The summed E-state index contributed by atoms with van der Waals surface area (Å²) in [6.07, 6.45) is -4.37. The molecule has 9 nitrogen and oxygen atoms in total. The first-order valence-electron chi connectivity index (χ1n) is 13.5. The number of aromatic amines is 1. The number of aromatic nitrogens is 2. The van der Waals surface area contributed by atoms with Gasteiger partial charge >= 0.3 is 18.3 Å². The number of amides is 3. The van der Waals surface area contributed by atoms with Gasteiger partial charge in [0.1, 0.15) is 5.60 Å². The van der Waals surface area contributed by atoms with Crippen LogP contribution in [0.5, 0.6) is 0 Å². The Morgan fingerprint density at radius 3 is 2.23 bits per heavy atom. The molecule has 0 spiro atoms. The molecule has 4 rings (SSSR count). The van der Waals surface area contributed by atoms with Crippen molar-refractivity contribution in [2.24, 2.45) is 0 Å². The first-order valence-corrected chi connectivity index (χ1v) is 13.5. The van der Waals surface area contributed by atoms with E-state index in [4.69, 9.17) is 9.47 Å². The molecule has 2 aliphatic heterocycles. The number of rotatable bonds is 4. The van der Waals surface area contributed by atoms with Gasteiger partial charge in [0.15, 0.2) is 0 Å². The number of hydrogen-bond acceptors (Lipinski definition) is 5. The van der Waals surface area contributed by atoms with E-state index in [1.807, 2.05) is 19.9 Å². The van der Waals surface area contributed by atoms with E-state index in [0.29, 0.717) is 51.5 Å². The molecule has 2 atom stereocenters. The summed E-state index contributed by atoms with van der Waals surface area (Å²) in [6, 6.07) is 6.93. The number of benzene rings is 1. The molecule has 1 aromatic heterocycles. The molecular formula is C28H38F3N5O4. The smallest absolute Gasteiger partial charge is 0.416 e. The van der Waals surface area contributed by atoms with Crippen molar-refractivity contribution in [1.29, 1.82) is 0 Å². The number of nitrogens with zero attached hydrogens (tertiary/aromatic N) is 3. The summed E-state index contributed by atoms with van der Waals surface area (Å²) in [5, 5.41) is 10.4. The van der Waals surface area contributed by atoms with Crippen molar-refractivity contribution in [3.05, 3.63) is 52.8 Å². The average Bonchev–Trinajstić information content (AvgIpc) is 3.38. The Morgan fingerprint density at radius 2 is 1.62 bits per heavy atom. The second-order valence-corrected chi connectivity index (χ2v) is 12.0. The molecule has 40 heavy (non-hydrogen) atoms. The zero-order valence-corrected chi connectivity index (χ0v) is 23.6. The number of alkyl carbamates (subject to hydrolysis) is 1. The second kappa shape index (κ2) is 11.3. The van der Waals surface area contributed by atoms with E-state index in [1.54, 1.807) is 30.6 Å². The average molecular weight is 566 g/mol. The predicted molar refractivity (Wildman–Crippen MR) is 142 cm³/mol. The maximum absolute atomic E-state index is 13.5. The van der Waals surface area contributed by atoms with Gasteiger partial charge < -0.3 is 24.6 Å². The summed E-state index contributed by atoms with van der Waals surface area (Å²) in [5.41, 5.74) is -0.0848. The Morgan fingerprint density at radius 1 is 1.00 bits per heavy atom. The van der Waals surface area contributed by atoms with Crippen LogP contribution < -0.4 is 5.32 Å². The highest BCUT2D eigenvalue weighted by molar-refractivity contribution is 5.75. The van der Waals surface area contributed by atoms with Crippen molar-refractivity contribution in [1.82, 2.24) is 25.3 Å². The molecule has 2 saturated heterocycles. The highest BCUT2D eigenvalue weighted by Gasteiger charge is 2.37. The quantitative estimate of drug-likeness (QED) is 0.530. The van der Waals surface area contributed by atoms with E-state index in [2.05, 4.69) is 15.5 Å². The van der Waals surface area contributed by atoms with Gasteiger partial charge in [-0.05, 0) is 64.8 Å². The standard InChI is InChI=1S/C28H38F3N5O4/c1-26(2,3)40-24(37)32-27(4,5)23-15-22(33-34-23)20-14-19(18-6-8-21(9-7-18)28(29,30)31)16-36(17-20)25(38)35-10-12-39-13-11-35/h6-9,15,19-20H,10-14,16-17H2,1-5H3,(H,32,37)(H,33,34). The normalized spacial score (nSPS) is 20.8. The van der Waals surface area contributed by atoms with Gasteiger partial charge in [-0.15, -0.1) is 0 Å². The summed E-state index contributed by atoms with van der Waals surface area (Å²) < 4.78 is 50.3. The fourth-order valence-electron chi connectivity index (χ4n) is 5.11. The fourth-order valence-corrected chi connectivity index (χ4v) is 5.11. The van der Waals surface area contributed by atoms with Crippen molar-refractivity contribution < 1.29 is 32.2 Å². The number of H-pyrrole nitrogens is 1. The zero-order chi connectivity index (χ0) is 29.3. The van der Waals surface area contributed by atoms with Crippen molar-refractivity contribution >= 4 is 12.1 Å². The molecular weight excluding hydrogens is 527 g/mol. The van der Waals surface area contributed by atoms with Gasteiger partial charge in [-0.25, -0.2) is 9.59 Å². The lowest BCUT2D eigenvalue weighted by Gasteiger charge is -2.41. The number of ether oxygens (including phenoxy) is 2. The first-order chi connectivity index (χ1) is 18.6. The summed E-state index contributed by atoms with van der Waals surface area (Å²) in [7, 11) is 0. The Balaban J connectivity index is 1.57. The fraction of sp³-hybridized carbons (Fsp3) is 0.607. The molecule has 0 saturated carbocycles. The maximum Gasteiger partial charge on any atom is 0.416 e. The van der Waals surface area contributed by atoms with E-state index < -0.39 is 29.0 Å². The lowest BCUT2D eigenvalue weighted by molar-refractivity contribution is -0.137. The van der Waals surface area contributed by atoms with Crippen LogP contribution in [0.3, 0.4) is 0 Å². The Labute approximate surface area is 232 Å². The van der Waals surface area contributed by atoms with Gasteiger partial charge in [0.2, 0.25) is 0 Å². The van der Waals surface area contributed by atoms with Crippen LogP contribution >= 0.6 is 0 Å². The van der Waals surface area contributed by atoms with Crippen molar-refractivity contribution in [3.63, 3.8) is 0 Å². The van der Waals surface area contributed by atoms with Crippen LogP contribution in [0, 0.1) is 0 Å². The first kappa shape index (κ1) is 29.7. The minimum Gasteiger partial charge on any atom is -0.444 e. The van der Waals surface area contributed by atoms with E-state index in [1.165, 1.54) is 12.1 Å². The third kappa shape index (κ3) is 7.26. The minimum absolute atomic E-state index is 0.114. The molecule has 1 aromatic carbocycles. The maximum atomic E-state index is 13.5. The number of urea groups is 1. The summed E-state index contributed by atoms with van der Waals surface area (Å²) in [4.78, 5) is 29.4. The Kier molecular flexibility index (Phi) is 8.39. The van der Waals surface area contributed by atoms with Gasteiger partial charge in [0, 0.05) is 43.7 Å². The van der Waals surface area contributed by atoms with Gasteiger partial charge in [-0.2, -0.15) is 18.3 Å². The van der Waals surface area contributed by atoms with Crippen molar-refractivity contribution in [2.45, 2.75) is 70.2 Å². The highest BCUT2D eigenvalue weighted by atomic mass is 19.4. The van der Waals surface area contributed by atoms with Crippen LogP contribution in [0.4, 0.5) is 22.8 Å². The lowest BCUT2D eigenvalue weighted by Crippen LogP contribution is -2.52. The molecule has 0 radical (unpaired) electrons. The lowest BCUT2D eigenvalue weighted by atomic mass is 9.82. The number of hydrogen-bond donors (Lipinski definition) is 2. The van der Waals surface area contributed by atoms with Gasteiger partial charge in [-0.1, -0.05) is 12.1 Å². The largest absolute Gasteiger partial charge is 0.444 e. The number of carbonyl (C=O) groups excluding carboxylic acids is 2. The Hall–Kier alpha value is -3.28. The van der Waals surface area contributed by atoms with Crippen LogP contribution in [-0.2, 0) is 21.2 Å². The molecule has 2 unspecified atom stereocenters. The van der Waals surface area contributed by atoms with E-state index in [0.717, 1.165) is 23.4 Å². The van der Waals surface area contributed by atoms with Crippen LogP contribution in [-0.4, -0.2) is 77.1 Å². The molecule has 2 fully saturated rings. The van der Waals surface area contributed by atoms with Gasteiger partial charge in [0.25, 0.3) is 0 Å². The summed E-state index contributed by atoms with van der Waals surface area (Å²) in [5.74, 6) is -0.324. The molecule has 3 heterocycles. The summed E-state index contributed by atoms with van der Waals surface area (Å²) >= 11 is 0. The van der Waals surface area contributed by atoms with E-state index in [9.17, 15) is 22.8 Å². The third-order valence-electron chi connectivity index (χ3n) is 7.20. The minimum atomic E-state index is -4.42. The molecule has 0 bridgehead atoms. The van der Waals surface area contributed by atoms with Crippen molar-refractivity contribution in [3.8, 4) is 0 Å². The van der Waals surface area contributed by atoms with E-state index >= 15 is 0 Å². The van der Waals surface area contributed by atoms with Crippen LogP contribution in [0.25, 0.3) is 0 Å². The highest BCUT2D eigenvalue weighted by Crippen LogP contribution is 2.38. The number of halogens is 3. The van der Waals surface area contributed by atoms with Gasteiger partial charge in [-0.3, -0.25) is 5.10 Å². The molecule has 2 aliphatic rings. The number of morpholine rings is 1.